The number of aromatic nitrogens is 3. The Bertz CT molecular complexity index is 1060. The van der Waals surface area contributed by atoms with E-state index in [0.29, 0.717) is 35.7 Å². The summed E-state index contributed by atoms with van der Waals surface area (Å²) in [6.07, 6.45) is 1.59. The standard InChI is InChI=1S/C20H20N6O2/c1-12-13(2)24-17-9-14(3-5-16(17)23-12)20(28)25-15-4-6-18(22-10-15)26-8-7-21-19(27)11-26/h3-6,9-10H,7-8,11H2,1-2H3,(H,21,27)(H,25,28). The van der Waals surface area contributed by atoms with Crippen LogP contribution in [0.5, 0.6) is 0 Å². The molecule has 2 N–H and O–H groups in total. The molecule has 4 rings (SSSR count). The normalized spacial score (nSPS) is 14.1. The van der Waals surface area contributed by atoms with Crippen molar-refractivity contribution in [2.75, 3.05) is 29.9 Å². The Balaban J connectivity index is 1.49. The molecule has 3 heterocycles. The molecule has 0 saturated carbocycles. The number of hydrogen-bond donors (Lipinski definition) is 2. The summed E-state index contributed by atoms with van der Waals surface area (Å²) in [6.45, 7) is 5.41. The number of amides is 2. The van der Waals surface area contributed by atoms with E-state index in [0.717, 1.165) is 16.9 Å². The molecule has 1 aromatic carbocycles. The van der Waals surface area contributed by atoms with E-state index < -0.39 is 0 Å². The molecule has 0 bridgehead atoms. The summed E-state index contributed by atoms with van der Waals surface area (Å²) in [6, 6.07) is 8.84. The van der Waals surface area contributed by atoms with Crippen LogP contribution in [-0.4, -0.2) is 46.4 Å². The number of anilines is 2. The lowest BCUT2D eigenvalue weighted by atomic mass is 10.1. The number of hydrogen-bond acceptors (Lipinski definition) is 6. The SMILES string of the molecule is Cc1nc2ccc(C(=O)Nc3ccc(N4CCNC(=O)C4)nc3)cc2nc1C. The maximum Gasteiger partial charge on any atom is 0.255 e. The number of carbonyl (C=O) groups excluding carboxylic acids is 2. The minimum absolute atomic E-state index is 0.0183. The van der Waals surface area contributed by atoms with Crippen molar-refractivity contribution in [1.82, 2.24) is 20.3 Å². The van der Waals surface area contributed by atoms with Gasteiger partial charge in [-0.2, -0.15) is 0 Å². The Hall–Kier alpha value is -3.55. The summed E-state index contributed by atoms with van der Waals surface area (Å²) in [7, 11) is 0. The monoisotopic (exact) mass is 376 g/mol. The number of nitrogens with zero attached hydrogens (tertiary/aromatic N) is 4. The van der Waals surface area contributed by atoms with E-state index in [2.05, 4.69) is 25.6 Å². The highest BCUT2D eigenvalue weighted by molar-refractivity contribution is 6.05. The fraction of sp³-hybridized carbons (Fsp3) is 0.250. The number of aryl methyl sites for hydroxylation is 2. The fourth-order valence-corrected chi connectivity index (χ4v) is 3.06. The van der Waals surface area contributed by atoms with Crippen LogP contribution in [-0.2, 0) is 4.79 Å². The predicted octanol–water partition coefficient (Wildman–Crippen LogP) is 1.83. The Labute approximate surface area is 162 Å². The number of nitrogens with one attached hydrogen (secondary N) is 2. The molecule has 28 heavy (non-hydrogen) atoms. The zero-order valence-electron chi connectivity index (χ0n) is 15.7. The van der Waals surface area contributed by atoms with Crippen LogP contribution in [0.1, 0.15) is 21.7 Å². The molecule has 2 aromatic heterocycles. The van der Waals surface area contributed by atoms with Crippen molar-refractivity contribution in [2.45, 2.75) is 13.8 Å². The average molecular weight is 376 g/mol. The first-order valence-electron chi connectivity index (χ1n) is 9.04. The number of benzene rings is 1. The largest absolute Gasteiger partial charge is 0.353 e. The van der Waals surface area contributed by atoms with Gasteiger partial charge in [0.1, 0.15) is 5.82 Å². The first-order valence-corrected chi connectivity index (χ1v) is 9.04. The third kappa shape index (κ3) is 3.62. The highest BCUT2D eigenvalue weighted by atomic mass is 16.2. The lowest BCUT2D eigenvalue weighted by molar-refractivity contribution is -0.120. The van der Waals surface area contributed by atoms with Gasteiger partial charge in [-0.25, -0.2) is 15.0 Å². The number of piperazine rings is 1. The smallest absolute Gasteiger partial charge is 0.255 e. The second-order valence-corrected chi connectivity index (χ2v) is 6.73. The highest BCUT2D eigenvalue weighted by Gasteiger charge is 2.17. The molecule has 1 fully saturated rings. The molecule has 0 spiro atoms. The zero-order chi connectivity index (χ0) is 19.7. The summed E-state index contributed by atoms with van der Waals surface area (Å²) in [5.74, 6) is 0.448. The minimum Gasteiger partial charge on any atom is -0.353 e. The number of rotatable bonds is 3. The molecule has 0 atom stereocenters. The van der Waals surface area contributed by atoms with Crippen LogP contribution in [0.25, 0.3) is 11.0 Å². The van der Waals surface area contributed by atoms with E-state index in [9.17, 15) is 9.59 Å². The van der Waals surface area contributed by atoms with Crippen molar-refractivity contribution in [3.05, 3.63) is 53.5 Å². The molecule has 1 aliphatic rings. The molecule has 8 nitrogen and oxygen atoms in total. The van der Waals surface area contributed by atoms with Crippen molar-refractivity contribution < 1.29 is 9.59 Å². The molecule has 0 radical (unpaired) electrons. The highest BCUT2D eigenvalue weighted by Crippen LogP contribution is 2.18. The molecular weight excluding hydrogens is 356 g/mol. The van der Waals surface area contributed by atoms with Gasteiger partial charge in [-0.05, 0) is 44.2 Å². The second-order valence-electron chi connectivity index (χ2n) is 6.73. The van der Waals surface area contributed by atoms with Gasteiger partial charge in [0.15, 0.2) is 0 Å². The maximum absolute atomic E-state index is 12.6. The lowest BCUT2D eigenvalue weighted by Crippen LogP contribution is -2.48. The summed E-state index contributed by atoms with van der Waals surface area (Å²) < 4.78 is 0. The van der Waals surface area contributed by atoms with Gasteiger partial charge >= 0.3 is 0 Å². The van der Waals surface area contributed by atoms with Gasteiger partial charge in [-0.3, -0.25) is 9.59 Å². The topological polar surface area (TPSA) is 100 Å². The average Bonchev–Trinajstić information content (AvgIpc) is 2.69. The van der Waals surface area contributed by atoms with E-state index in [-0.39, 0.29) is 18.4 Å². The van der Waals surface area contributed by atoms with Crippen LogP contribution in [0.3, 0.4) is 0 Å². The van der Waals surface area contributed by atoms with Crippen molar-refractivity contribution in [3.63, 3.8) is 0 Å². The number of carbonyl (C=O) groups is 2. The van der Waals surface area contributed by atoms with E-state index >= 15 is 0 Å². The van der Waals surface area contributed by atoms with Gasteiger partial charge < -0.3 is 15.5 Å². The van der Waals surface area contributed by atoms with Crippen LogP contribution < -0.4 is 15.5 Å². The first kappa shape index (κ1) is 17.8. The predicted molar refractivity (Wildman–Crippen MR) is 106 cm³/mol. The van der Waals surface area contributed by atoms with Crippen molar-refractivity contribution in [1.29, 1.82) is 0 Å². The fourth-order valence-electron chi connectivity index (χ4n) is 3.06. The van der Waals surface area contributed by atoms with E-state index in [1.54, 1.807) is 36.5 Å². The zero-order valence-corrected chi connectivity index (χ0v) is 15.7. The number of pyridine rings is 1. The lowest BCUT2D eigenvalue weighted by Gasteiger charge is -2.27. The van der Waals surface area contributed by atoms with E-state index in [1.165, 1.54) is 0 Å². The molecule has 3 aromatic rings. The molecule has 1 aliphatic heterocycles. The summed E-state index contributed by atoms with van der Waals surface area (Å²) in [5.41, 5.74) is 4.26. The second kappa shape index (κ2) is 7.22. The Morgan fingerprint density at radius 1 is 1.11 bits per heavy atom. The van der Waals surface area contributed by atoms with Gasteiger partial charge in [0.25, 0.3) is 5.91 Å². The maximum atomic E-state index is 12.6. The van der Waals surface area contributed by atoms with Crippen LogP contribution >= 0.6 is 0 Å². The Morgan fingerprint density at radius 3 is 2.61 bits per heavy atom. The molecular formula is C20H20N6O2. The van der Waals surface area contributed by atoms with Crippen molar-refractivity contribution >= 4 is 34.4 Å². The molecule has 1 saturated heterocycles. The quantitative estimate of drug-likeness (QED) is 0.723. The Morgan fingerprint density at radius 2 is 1.89 bits per heavy atom. The van der Waals surface area contributed by atoms with Crippen LogP contribution in [0, 0.1) is 13.8 Å². The van der Waals surface area contributed by atoms with Crippen LogP contribution in [0.4, 0.5) is 11.5 Å². The molecule has 0 aliphatic carbocycles. The van der Waals surface area contributed by atoms with Gasteiger partial charge in [-0.15, -0.1) is 0 Å². The first-order chi connectivity index (χ1) is 13.5. The van der Waals surface area contributed by atoms with Gasteiger partial charge in [0.05, 0.1) is 40.9 Å². The van der Waals surface area contributed by atoms with Crippen molar-refractivity contribution in [3.8, 4) is 0 Å². The summed E-state index contributed by atoms with van der Waals surface area (Å²) >= 11 is 0. The van der Waals surface area contributed by atoms with Gasteiger partial charge in [0.2, 0.25) is 5.91 Å². The van der Waals surface area contributed by atoms with Crippen LogP contribution in [0.2, 0.25) is 0 Å². The minimum atomic E-state index is -0.242. The van der Waals surface area contributed by atoms with Gasteiger partial charge in [0, 0.05) is 18.7 Å². The number of fused-ring (bicyclic) bond motifs is 1. The molecule has 142 valence electrons. The molecule has 8 heteroatoms. The Kier molecular flexibility index (Phi) is 4.60. The molecule has 2 amide bonds. The third-order valence-corrected chi connectivity index (χ3v) is 4.71. The van der Waals surface area contributed by atoms with Crippen molar-refractivity contribution in [2.24, 2.45) is 0 Å². The summed E-state index contributed by atoms with van der Waals surface area (Å²) in [4.78, 5) is 39.3. The van der Waals surface area contributed by atoms with E-state index in [4.69, 9.17) is 0 Å². The van der Waals surface area contributed by atoms with Crippen LogP contribution in [0.15, 0.2) is 36.5 Å². The summed E-state index contributed by atoms with van der Waals surface area (Å²) in [5, 5.41) is 5.62. The van der Waals surface area contributed by atoms with E-state index in [1.807, 2.05) is 18.7 Å². The van der Waals surface area contributed by atoms with Gasteiger partial charge in [-0.1, -0.05) is 0 Å². The molecule has 0 unspecified atom stereocenters. The third-order valence-electron chi connectivity index (χ3n) is 4.71.